The highest BCUT2D eigenvalue weighted by atomic mass is 79.9. The predicted octanol–water partition coefficient (Wildman–Crippen LogP) is 3.75. The van der Waals surface area contributed by atoms with Gasteiger partial charge in [0.05, 0.1) is 12.6 Å². The Hall–Kier alpha value is -2.14. The summed E-state index contributed by atoms with van der Waals surface area (Å²) >= 11 is 3.40. The molecule has 1 unspecified atom stereocenters. The van der Waals surface area contributed by atoms with Gasteiger partial charge in [-0.25, -0.2) is 0 Å². The topological polar surface area (TPSA) is 58.2 Å². The van der Waals surface area contributed by atoms with E-state index < -0.39 is 0 Å². The van der Waals surface area contributed by atoms with Crippen LogP contribution in [0.5, 0.6) is 0 Å². The molecule has 2 aromatic rings. The van der Waals surface area contributed by atoms with E-state index in [2.05, 4.69) is 26.6 Å². The van der Waals surface area contributed by atoms with Crippen LogP contribution >= 0.6 is 15.9 Å². The van der Waals surface area contributed by atoms with E-state index in [0.717, 1.165) is 22.0 Å². The first-order chi connectivity index (χ1) is 11.5. The lowest BCUT2D eigenvalue weighted by atomic mass is 10.0. The quantitative estimate of drug-likeness (QED) is 0.791. The lowest BCUT2D eigenvalue weighted by Crippen LogP contribution is -2.38. The van der Waals surface area contributed by atoms with Crippen LogP contribution in [0.2, 0.25) is 0 Å². The van der Waals surface area contributed by atoms with Gasteiger partial charge in [0.25, 0.3) is 5.91 Å². The highest BCUT2D eigenvalue weighted by Gasteiger charge is 2.14. The van der Waals surface area contributed by atoms with E-state index in [9.17, 15) is 9.59 Å². The zero-order chi connectivity index (χ0) is 17.5. The lowest BCUT2D eigenvalue weighted by molar-refractivity contribution is -0.120. The summed E-state index contributed by atoms with van der Waals surface area (Å²) in [7, 11) is 0. The molecule has 2 N–H and O–H groups in total. The van der Waals surface area contributed by atoms with E-state index in [0.29, 0.717) is 5.56 Å². The molecule has 2 rings (SSSR count). The summed E-state index contributed by atoms with van der Waals surface area (Å²) in [4.78, 5) is 24.2. The van der Waals surface area contributed by atoms with Gasteiger partial charge in [-0.1, -0.05) is 52.7 Å². The Labute approximate surface area is 150 Å². The van der Waals surface area contributed by atoms with E-state index >= 15 is 0 Å². The number of rotatable bonds is 6. The smallest absolute Gasteiger partial charge is 0.251 e. The van der Waals surface area contributed by atoms with Crippen molar-refractivity contribution >= 4 is 27.7 Å². The molecule has 0 saturated carbocycles. The van der Waals surface area contributed by atoms with Crippen molar-refractivity contribution in [3.8, 4) is 0 Å². The summed E-state index contributed by atoms with van der Waals surface area (Å²) in [5, 5.41) is 5.61. The highest BCUT2D eigenvalue weighted by molar-refractivity contribution is 9.10. The van der Waals surface area contributed by atoms with Crippen LogP contribution in [0.15, 0.2) is 53.0 Å². The Morgan fingerprint density at radius 3 is 2.46 bits per heavy atom. The number of carbonyl (C=O) groups is 2. The molecular weight excluding hydrogens is 368 g/mol. The predicted molar refractivity (Wildman–Crippen MR) is 98.8 cm³/mol. The zero-order valence-corrected chi connectivity index (χ0v) is 15.4. The molecule has 0 saturated heterocycles. The van der Waals surface area contributed by atoms with Gasteiger partial charge in [-0.3, -0.25) is 9.59 Å². The van der Waals surface area contributed by atoms with Crippen molar-refractivity contribution in [2.75, 3.05) is 6.54 Å². The van der Waals surface area contributed by atoms with Crippen LogP contribution in [-0.2, 0) is 4.79 Å². The van der Waals surface area contributed by atoms with E-state index in [4.69, 9.17) is 0 Å². The molecule has 0 aliphatic rings. The molecule has 126 valence electrons. The fraction of sp³-hybridized carbons (Fsp3) is 0.263. The minimum Gasteiger partial charge on any atom is -0.348 e. The van der Waals surface area contributed by atoms with Crippen LogP contribution in [0.4, 0.5) is 0 Å². The van der Waals surface area contributed by atoms with Crippen molar-refractivity contribution in [3.05, 3.63) is 69.7 Å². The standard InChI is InChI=1S/C19H21BrN2O2/c1-3-17(14-7-9-16(20)10-8-14)22-18(23)12-21-19(24)15-6-4-5-13(2)11-15/h4-11,17H,3,12H2,1-2H3,(H,21,24)(H,22,23). The van der Waals surface area contributed by atoms with Crippen molar-refractivity contribution in [3.63, 3.8) is 0 Å². The minimum absolute atomic E-state index is 0.0419. The summed E-state index contributed by atoms with van der Waals surface area (Å²) < 4.78 is 0.998. The number of amides is 2. The van der Waals surface area contributed by atoms with Gasteiger partial charge in [0.2, 0.25) is 5.91 Å². The maximum Gasteiger partial charge on any atom is 0.251 e. The second-order valence-corrected chi connectivity index (χ2v) is 6.55. The van der Waals surface area contributed by atoms with Gasteiger partial charge in [-0.2, -0.15) is 0 Å². The highest BCUT2D eigenvalue weighted by Crippen LogP contribution is 2.19. The summed E-state index contributed by atoms with van der Waals surface area (Å²) in [5.41, 5.74) is 2.61. The van der Waals surface area contributed by atoms with Gasteiger partial charge in [-0.15, -0.1) is 0 Å². The van der Waals surface area contributed by atoms with Crippen molar-refractivity contribution in [1.82, 2.24) is 10.6 Å². The summed E-state index contributed by atoms with van der Waals surface area (Å²) in [5.74, 6) is -0.448. The number of benzene rings is 2. The molecular formula is C19H21BrN2O2. The van der Waals surface area contributed by atoms with Crippen molar-refractivity contribution < 1.29 is 9.59 Å². The lowest BCUT2D eigenvalue weighted by Gasteiger charge is -2.18. The van der Waals surface area contributed by atoms with Crippen molar-refractivity contribution in [2.24, 2.45) is 0 Å². The molecule has 0 aliphatic heterocycles. The van der Waals surface area contributed by atoms with Crippen molar-refractivity contribution in [1.29, 1.82) is 0 Å². The molecule has 2 amide bonds. The summed E-state index contributed by atoms with van der Waals surface area (Å²) in [6.45, 7) is 3.89. The first-order valence-electron chi connectivity index (χ1n) is 7.89. The molecule has 1 atom stereocenters. The second kappa shape index (κ2) is 8.64. The number of aryl methyl sites for hydroxylation is 1. The molecule has 0 spiro atoms. The Kier molecular flexibility index (Phi) is 6.55. The van der Waals surface area contributed by atoms with Gasteiger partial charge in [0.1, 0.15) is 0 Å². The normalized spacial score (nSPS) is 11.6. The largest absolute Gasteiger partial charge is 0.348 e. The van der Waals surface area contributed by atoms with Gasteiger partial charge < -0.3 is 10.6 Å². The first-order valence-corrected chi connectivity index (χ1v) is 8.68. The van der Waals surface area contributed by atoms with Crippen LogP contribution in [0.25, 0.3) is 0 Å². The van der Waals surface area contributed by atoms with E-state index in [1.165, 1.54) is 0 Å². The number of carbonyl (C=O) groups excluding carboxylic acids is 2. The fourth-order valence-corrected chi connectivity index (χ4v) is 2.67. The summed E-state index contributed by atoms with van der Waals surface area (Å²) in [6.07, 6.45) is 0.777. The molecule has 0 heterocycles. The van der Waals surface area contributed by atoms with Crippen LogP contribution < -0.4 is 10.6 Å². The monoisotopic (exact) mass is 388 g/mol. The maximum atomic E-state index is 12.1. The average molecular weight is 389 g/mol. The van der Waals surface area contributed by atoms with Gasteiger partial charge >= 0.3 is 0 Å². The summed E-state index contributed by atoms with van der Waals surface area (Å²) in [6, 6.07) is 15.1. The number of hydrogen-bond acceptors (Lipinski definition) is 2. The third-order valence-electron chi connectivity index (χ3n) is 3.71. The average Bonchev–Trinajstić information content (AvgIpc) is 2.58. The SMILES string of the molecule is CCC(NC(=O)CNC(=O)c1cccc(C)c1)c1ccc(Br)cc1. The van der Waals surface area contributed by atoms with Crippen LogP contribution in [-0.4, -0.2) is 18.4 Å². The third kappa shape index (κ3) is 5.20. The molecule has 0 aromatic heterocycles. The Morgan fingerprint density at radius 1 is 1.12 bits per heavy atom. The van der Waals surface area contributed by atoms with Crippen LogP contribution in [0.3, 0.4) is 0 Å². The Bertz CT molecular complexity index is 714. The Balaban J connectivity index is 1.89. The van der Waals surface area contributed by atoms with Crippen LogP contribution in [0, 0.1) is 6.92 Å². The van der Waals surface area contributed by atoms with Crippen LogP contribution in [0.1, 0.15) is 40.9 Å². The Morgan fingerprint density at radius 2 is 1.83 bits per heavy atom. The first kappa shape index (κ1) is 18.2. The van der Waals surface area contributed by atoms with E-state index in [-0.39, 0.29) is 24.4 Å². The molecule has 5 heteroatoms. The molecule has 0 aliphatic carbocycles. The number of hydrogen-bond donors (Lipinski definition) is 2. The molecule has 4 nitrogen and oxygen atoms in total. The van der Waals surface area contributed by atoms with E-state index in [1.54, 1.807) is 12.1 Å². The third-order valence-corrected chi connectivity index (χ3v) is 4.23. The molecule has 0 fully saturated rings. The fourth-order valence-electron chi connectivity index (χ4n) is 2.41. The second-order valence-electron chi connectivity index (χ2n) is 5.63. The molecule has 2 aromatic carbocycles. The number of halogens is 1. The maximum absolute atomic E-state index is 12.1. The molecule has 0 bridgehead atoms. The van der Waals surface area contributed by atoms with E-state index in [1.807, 2.05) is 50.2 Å². The zero-order valence-electron chi connectivity index (χ0n) is 13.8. The van der Waals surface area contributed by atoms with Gasteiger partial charge in [0.15, 0.2) is 0 Å². The van der Waals surface area contributed by atoms with Gasteiger partial charge in [-0.05, 0) is 43.2 Å². The molecule has 0 radical (unpaired) electrons. The van der Waals surface area contributed by atoms with Gasteiger partial charge in [0, 0.05) is 10.0 Å². The molecule has 24 heavy (non-hydrogen) atoms. The minimum atomic E-state index is -0.245. The number of nitrogens with one attached hydrogen (secondary N) is 2. The van der Waals surface area contributed by atoms with Crippen molar-refractivity contribution in [2.45, 2.75) is 26.3 Å².